The predicted molar refractivity (Wildman–Crippen MR) is 135 cm³/mol. The summed E-state index contributed by atoms with van der Waals surface area (Å²) in [6, 6.07) is 19.2. The van der Waals surface area contributed by atoms with Crippen LogP contribution in [-0.4, -0.2) is 60.1 Å². The van der Waals surface area contributed by atoms with Crippen LogP contribution in [-0.2, 0) is 22.5 Å². The summed E-state index contributed by atoms with van der Waals surface area (Å²) in [5, 5.41) is 2.37. The maximum absolute atomic E-state index is 13.7. The lowest BCUT2D eigenvalue weighted by Gasteiger charge is -2.41. The highest BCUT2D eigenvalue weighted by Gasteiger charge is 2.40. The van der Waals surface area contributed by atoms with Gasteiger partial charge in [0.05, 0.1) is 13.2 Å². The Kier molecular flexibility index (Phi) is 6.93. The van der Waals surface area contributed by atoms with Crippen LogP contribution in [0, 0.1) is 11.3 Å². The van der Waals surface area contributed by atoms with E-state index in [2.05, 4.69) is 70.2 Å². The van der Waals surface area contributed by atoms with Crippen LogP contribution in [0.3, 0.4) is 0 Å². The van der Waals surface area contributed by atoms with Gasteiger partial charge < -0.3 is 9.64 Å². The number of pyridine rings is 1. The second-order valence-electron chi connectivity index (χ2n) is 10.3. The third kappa shape index (κ3) is 5.31. The molecule has 2 aromatic carbocycles. The highest BCUT2D eigenvalue weighted by Crippen LogP contribution is 2.34. The van der Waals surface area contributed by atoms with Gasteiger partial charge in [-0.25, -0.2) is 0 Å². The van der Waals surface area contributed by atoms with Gasteiger partial charge in [0.1, 0.15) is 0 Å². The Morgan fingerprint density at radius 3 is 2.68 bits per heavy atom. The number of ether oxygens (including phenoxy) is 1. The van der Waals surface area contributed by atoms with Crippen LogP contribution in [0.5, 0.6) is 0 Å². The summed E-state index contributed by atoms with van der Waals surface area (Å²) < 4.78 is 5.94. The van der Waals surface area contributed by atoms with Crippen LogP contribution >= 0.6 is 0 Å². The second kappa shape index (κ2) is 10.2. The molecule has 1 aromatic heterocycles. The molecular formula is C29H35N3O2. The maximum atomic E-state index is 13.7. The van der Waals surface area contributed by atoms with Crippen molar-refractivity contribution in [1.29, 1.82) is 0 Å². The SMILES string of the molecule is CC1(C(=O)N2CCOCC(Cc3ccc4ccncc4c3)C2)CCN(Cc2ccccc2)CC1. The molecule has 2 fully saturated rings. The highest BCUT2D eigenvalue weighted by atomic mass is 16.5. The van der Waals surface area contributed by atoms with Gasteiger partial charge in [-0.3, -0.25) is 14.7 Å². The molecule has 1 unspecified atom stereocenters. The molecule has 1 atom stereocenters. The number of aromatic nitrogens is 1. The first-order chi connectivity index (χ1) is 16.6. The van der Waals surface area contributed by atoms with E-state index in [0.29, 0.717) is 31.6 Å². The van der Waals surface area contributed by atoms with Gasteiger partial charge in [0.15, 0.2) is 0 Å². The van der Waals surface area contributed by atoms with Gasteiger partial charge in [-0.2, -0.15) is 0 Å². The van der Waals surface area contributed by atoms with E-state index in [1.165, 1.54) is 16.5 Å². The molecule has 178 valence electrons. The number of benzene rings is 2. The lowest BCUT2D eigenvalue weighted by atomic mass is 9.78. The molecular weight excluding hydrogens is 422 g/mol. The van der Waals surface area contributed by atoms with E-state index in [1.807, 2.05) is 18.5 Å². The fourth-order valence-corrected chi connectivity index (χ4v) is 5.42. The molecule has 5 heteroatoms. The summed E-state index contributed by atoms with van der Waals surface area (Å²) in [6.45, 7) is 7.87. The molecule has 0 spiro atoms. The van der Waals surface area contributed by atoms with Crippen molar-refractivity contribution < 1.29 is 9.53 Å². The zero-order valence-corrected chi connectivity index (χ0v) is 20.2. The molecule has 0 saturated carbocycles. The number of nitrogens with zero attached hydrogens (tertiary/aromatic N) is 3. The van der Waals surface area contributed by atoms with E-state index in [1.54, 1.807) is 0 Å². The van der Waals surface area contributed by atoms with Crippen molar-refractivity contribution in [3.8, 4) is 0 Å². The van der Waals surface area contributed by atoms with E-state index in [-0.39, 0.29) is 5.41 Å². The Bertz CT molecular complexity index is 1110. The smallest absolute Gasteiger partial charge is 0.228 e. The molecule has 0 radical (unpaired) electrons. The van der Waals surface area contributed by atoms with Crippen molar-refractivity contribution in [3.63, 3.8) is 0 Å². The standard InChI is InChI=1S/C29H35N3O2/c1-29(10-13-31(14-11-29)20-23-5-3-2-4-6-23)28(33)32-15-16-34-22-25(21-32)17-24-7-8-26-9-12-30-19-27(26)18-24/h2-9,12,18-19,25H,10-11,13-17,20-22H2,1H3. The molecule has 2 aliphatic rings. The Morgan fingerprint density at radius 2 is 1.85 bits per heavy atom. The van der Waals surface area contributed by atoms with E-state index in [4.69, 9.17) is 4.74 Å². The van der Waals surface area contributed by atoms with Crippen molar-refractivity contribution in [2.45, 2.75) is 32.7 Å². The minimum Gasteiger partial charge on any atom is -0.379 e. The number of fused-ring (bicyclic) bond motifs is 1. The fourth-order valence-electron chi connectivity index (χ4n) is 5.42. The molecule has 0 N–H and O–H groups in total. The van der Waals surface area contributed by atoms with Crippen LogP contribution in [0.25, 0.3) is 10.8 Å². The largest absolute Gasteiger partial charge is 0.379 e. The molecule has 5 rings (SSSR count). The van der Waals surface area contributed by atoms with E-state index in [9.17, 15) is 4.79 Å². The van der Waals surface area contributed by atoms with Crippen LogP contribution < -0.4 is 0 Å². The first kappa shape index (κ1) is 23.0. The van der Waals surface area contributed by atoms with E-state index < -0.39 is 0 Å². The first-order valence-corrected chi connectivity index (χ1v) is 12.6. The van der Waals surface area contributed by atoms with Crippen LogP contribution in [0.4, 0.5) is 0 Å². The Balaban J connectivity index is 1.20. The van der Waals surface area contributed by atoms with Gasteiger partial charge in [-0.05, 0) is 61.0 Å². The summed E-state index contributed by atoms with van der Waals surface area (Å²) in [4.78, 5) is 22.5. The summed E-state index contributed by atoms with van der Waals surface area (Å²) in [5.74, 6) is 0.618. The number of rotatable bonds is 5. The number of piperidine rings is 1. The van der Waals surface area contributed by atoms with Gasteiger partial charge >= 0.3 is 0 Å². The molecule has 0 bridgehead atoms. The topological polar surface area (TPSA) is 45.7 Å². The quantitative estimate of drug-likeness (QED) is 0.564. The van der Waals surface area contributed by atoms with Gasteiger partial charge in [-0.15, -0.1) is 0 Å². The van der Waals surface area contributed by atoms with Gasteiger partial charge in [0.25, 0.3) is 0 Å². The summed E-state index contributed by atoms with van der Waals surface area (Å²) >= 11 is 0. The van der Waals surface area contributed by atoms with Gasteiger partial charge in [0.2, 0.25) is 5.91 Å². The number of carbonyl (C=O) groups is 1. The Morgan fingerprint density at radius 1 is 1.03 bits per heavy atom. The summed E-state index contributed by atoms with van der Waals surface area (Å²) in [5.41, 5.74) is 2.34. The monoisotopic (exact) mass is 457 g/mol. The van der Waals surface area contributed by atoms with Crippen molar-refractivity contribution in [2.75, 3.05) is 39.4 Å². The zero-order chi connectivity index (χ0) is 23.4. The molecule has 2 aliphatic heterocycles. The summed E-state index contributed by atoms with van der Waals surface area (Å²) in [7, 11) is 0. The van der Waals surface area contributed by atoms with Crippen molar-refractivity contribution >= 4 is 16.7 Å². The van der Waals surface area contributed by atoms with E-state index in [0.717, 1.165) is 50.8 Å². The van der Waals surface area contributed by atoms with Crippen LogP contribution in [0.2, 0.25) is 0 Å². The molecule has 1 amide bonds. The number of amides is 1. The average Bonchev–Trinajstić information content (AvgIpc) is 3.11. The predicted octanol–water partition coefficient (Wildman–Crippen LogP) is 4.55. The molecule has 3 aromatic rings. The Hall–Kier alpha value is -2.76. The molecule has 2 saturated heterocycles. The fraction of sp³-hybridized carbons (Fsp3) is 0.448. The minimum atomic E-state index is -0.281. The lowest BCUT2D eigenvalue weighted by Crippen LogP contribution is -2.50. The maximum Gasteiger partial charge on any atom is 0.228 e. The number of hydrogen-bond acceptors (Lipinski definition) is 4. The van der Waals surface area contributed by atoms with Gasteiger partial charge in [-0.1, -0.05) is 49.4 Å². The second-order valence-corrected chi connectivity index (χ2v) is 10.3. The lowest BCUT2D eigenvalue weighted by molar-refractivity contribution is -0.144. The molecule has 5 nitrogen and oxygen atoms in total. The van der Waals surface area contributed by atoms with E-state index >= 15 is 0 Å². The highest BCUT2D eigenvalue weighted by molar-refractivity contribution is 5.83. The van der Waals surface area contributed by atoms with Crippen molar-refractivity contribution in [1.82, 2.24) is 14.8 Å². The number of hydrogen-bond donors (Lipinski definition) is 0. The molecule has 34 heavy (non-hydrogen) atoms. The first-order valence-electron chi connectivity index (χ1n) is 12.6. The van der Waals surface area contributed by atoms with Gasteiger partial charge in [0, 0.05) is 48.7 Å². The van der Waals surface area contributed by atoms with Crippen LogP contribution in [0.15, 0.2) is 67.0 Å². The third-order valence-corrected chi connectivity index (χ3v) is 7.58. The third-order valence-electron chi connectivity index (χ3n) is 7.58. The minimum absolute atomic E-state index is 0.281. The number of likely N-dealkylation sites (tertiary alicyclic amines) is 1. The normalized spacial score (nSPS) is 21.3. The number of carbonyl (C=O) groups excluding carboxylic acids is 1. The Labute approximate surface area is 202 Å². The average molecular weight is 458 g/mol. The van der Waals surface area contributed by atoms with Crippen molar-refractivity contribution in [3.05, 3.63) is 78.1 Å². The molecule has 0 aliphatic carbocycles. The van der Waals surface area contributed by atoms with Crippen molar-refractivity contribution in [2.24, 2.45) is 11.3 Å². The zero-order valence-electron chi connectivity index (χ0n) is 20.2. The molecule has 3 heterocycles. The summed E-state index contributed by atoms with van der Waals surface area (Å²) in [6.07, 6.45) is 6.49. The van der Waals surface area contributed by atoms with Crippen LogP contribution in [0.1, 0.15) is 30.9 Å².